The van der Waals surface area contributed by atoms with Gasteiger partial charge >= 0.3 is 5.97 Å². The molecule has 1 amide bonds. The maximum absolute atomic E-state index is 11.6. The molecule has 3 N–H and O–H groups in total. The number of aliphatic carboxylic acids is 1. The van der Waals surface area contributed by atoms with Crippen molar-refractivity contribution in [2.24, 2.45) is 11.8 Å². The summed E-state index contributed by atoms with van der Waals surface area (Å²) in [5, 5.41) is 20.8. The van der Waals surface area contributed by atoms with Crippen molar-refractivity contribution < 1.29 is 19.8 Å². The van der Waals surface area contributed by atoms with Crippen LogP contribution >= 0.6 is 0 Å². The molecule has 1 aliphatic carbocycles. The first-order valence-corrected chi connectivity index (χ1v) is 5.32. The topological polar surface area (TPSA) is 86.6 Å². The number of phenols is 1. The van der Waals surface area contributed by atoms with Crippen LogP contribution in [0.1, 0.15) is 12.0 Å². The van der Waals surface area contributed by atoms with E-state index in [9.17, 15) is 14.7 Å². The van der Waals surface area contributed by atoms with Gasteiger partial charge in [0, 0.05) is 11.8 Å². The number of carboxylic acid groups (broad SMARTS) is 1. The van der Waals surface area contributed by atoms with Gasteiger partial charge in [0.15, 0.2) is 0 Å². The van der Waals surface area contributed by atoms with Crippen molar-refractivity contribution in [2.75, 3.05) is 5.32 Å². The monoisotopic (exact) mass is 235 g/mol. The lowest BCUT2D eigenvalue weighted by Gasteiger charge is -2.06. The minimum Gasteiger partial charge on any atom is -0.508 e. The first-order valence-electron chi connectivity index (χ1n) is 5.32. The number of aromatic hydroxyl groups is 1. The SMILES string of the molecule is Cc1ccc(NC(=O)[C@@H]2C[C@@H]2C(=O)O)cc1O. The Balaban J connectivity index is 2.00. The molecule has 1 aromatic rings. The van der Waals surface area contributed by atoms with Crippen molar-refractivity contribution >= 4 is 17.6 Å². The molecular weight excluding hydrogens is 222 g/mol. The number of carbonyl (C=O) groups excluding carboxylic acids is 1. The van der Waals surface area contributed by atoms with Gasteiger partial charge < -0.3 is 15.5 Å². The summed E-state index contributed by atoms with van der Waals surface area (Å²) in [5.74, 6) is -2.14. The number of hydrogen-bond acceptors (Lipinski definition) is 3. The fourth-order valence-corrected chi connectivity index (χ4v) is 1.68. The molecule has 17 heavy (non-hydrogen) atoms. The minimum atomic E-state index is -0.933. The molecule has 1 aliphatic rings. The molecule has 0 unspecified atom stereocenters. The fraction of sp³-hybridized carbons (Fsp3) is 0.333. The second-order valence-corrected chi connectivity index (χ2v) is 4.28. The van der Waals surface area contributed by atoms with Crippen molar-refractivity contribution in [1.29, 1.82) is 0 Å². The average molecular weight is 235 g/mol. The first kappa shape index (κ1) is 11.4. The zero-order valence-corrected chi connectivity index (χ0v) is 9.30. The van der Waals surface area contributed by atoms with E-state index < -0.39 is 17.8 Å². The van der Waals surface area contributed by atoms with Crippen LogP contribution < -0.4 is 5.32 Å². The third-order valence-corrected chi connectivity index (χ3v) is 2.92. The number of rotatable bonds is 3. The molecule has 0 aliphatic heterocycles. The number of benzene rings is 1. The summed E-state index contributed by atoms with van der Waals surface area (Å²) in [6, 6.07) is 4.81. The lowest BCUT2D eigenvalue weighted by atomic mass is 10.2. The molecule has 5 nitrogen and oxygen atoms in total. The third kappa shape index (κ3) is 2.38. The van der Waals surface area contributed by atoms with Gasteiger partial charge in [-0.1, -0.05) is 6.07 Å². The number of anilines is 1. The molecule has 0 saturated heterocycles. The predicted molar refractivity (Wildman–Crippen MR) is 60.7 cm³/mol. The summed E-state index contributed by atoms with van der Waals surface area (Å²) in [6.45, 7) is 1.75. The Morgan fingerprint density at radius 3 is 2.59 bits per heavy atom. The van der Waals surface area contributed by atoms with E-state index in [1.807, 2.05) is 0 Å². The van der Waals surface area contributed by atoms with Crippen LogP contribution in [0, 0.1) is 18.8 Å². The number of amides is 1. The molecule has 2 atom stereocenters. The van der Waals surface area contributed by atoms with Gasteiger partial charge in [-0.3, -0.25) is 9.59 Å². The summed E-state index contributed by atoms with van der Waals surface area (Å²) < 4.78 is 0. The highest BCUT2D eigenvalue weighted by Gasteiger charge is 2.48. The van der Waals surface area contributed by atoms with Crippen LogP contribution in [-0.4, -0.2) is 22.1 Å². The fourth-order valence-electron chi connectivity index (χ4n) is 1.68. The van der Waals surface area contributed by atoms with Gasteiger partial charge in [0.1, 0.15) is 5.75 Å². The Morgan fingerprint density at radius 2 is 2.06 bits per heavy atom. The molecule has 5 heteroatoms. The summed E-state index contributed by atoms with van der Waals surface area (Å²) in [7, 11) is 0. The van der Waals surface area contributed by atoms with E-state index in [1.54, 1.807) is 19.1 Å². The van der Waals surface area contributed by atoms with Gasteiger partial charge in [-0.2, -0.15) is 0 Å². The van der Waals surface area contributed by atoms with Crippen molar-refractivity contribution in [1.82, 2.24) is 0 Å². The van der Waals surface area contributed by atoms with Crippen LogP contribution in [0.25, 0.3) is 0 Å². The molecule has 0 bridgehead atoms. The number of carboxylic acids is 1. The lowest BCUT2D eigenvalue weighted by molar-refractivity contribution is -0.139. The second kappa shape index (κ2) is 4.08. The molecule has 1 fully saturated rings. The number of aryl methyl sites for hydroxylation is 1. The van der Waals surface area contributed by atoms with Crippen LogP contribution in [0.4, 0.5) is 5.69 Å². The van der Waals surface area contributed by atoms with Gasteiger partial charge in [-0.25, -0.2) is 0 Å². The zero-order chi connectivity index (χ0) is 12.6. The van der Waals surface area contributed by atoms with Crippen LogP contribution in [0.15, 0.2) is 18.2 Å². The van der Waals surface area contributed by atoms with Crippen LogP contribution in [0.3, 0.4) is 0 Å². The second-order valence-electron chi connectivity index (χ2n) is 4.28. The number of nitrogens with one attached hydrogen (secondary N) is 1. The van der Waals surface area contributed by atoms with Crippen LogP contribution in [-0.2, 0) is 9.59 Å². The Bertz CT molecular complexity index is 483. The van der Waals surface area contributed by atoms with Gasteiger partial charge in [0.2, 0.25) is 5.91 Å². The highest BCUT2D eigenvalue weighted by atomic mass is 16.4. The number of phenolic OH excluding ortho intramolecular Hbond substituents is 1. The lowest BCUT2D eigenvalue weighted by Crippen LogP contribution is -2.16. The average Bonchev–Trinajstić information content (AvgIpc) is 3.03. The van der Waals surface area contributed by atoms with Crippen molar-refractivity contribution in [2.45, 2.75) is 13.3 Å². The minimum absolute atomic E-state index is 0.105. The maximum atomic E-state index is 11.6. The highest BCUT2D eigenvalue weighted by molar-refractivity contribution is 5.98. The summed E-state index contributed by atoms with van der Waals surface area (Å²) in [6.07, 6.45) is 0.388. The van der Waals surface area contributed by atoms with Gasteiger partial charge in [-0.05, 0) is 25.0 Å². The summed E-state index contributed by atoms with van der Waals surface area (Å²) in [4.78, 5) is 22.2. The van der Waals surface area contributed by atoms with E-state index in [4.69, 9.17) is 5.11 Å². The summed E-state index contributed by atoms with van der Waals surface area (Å²) >= 11 is 0. The molecule has 0 spiro atoms. The zero-order valence-electron chi connectivity index (χ0n) is 9.30. The Morgan fingerprint density at radius 1 is 1.35 bits per heavy atom. The molecule has 0 aromatic heterocycles. The number of carbonyl (C=O) groups is 2. The first-order chi connectivity index (χ1) is 7.99. The summed E-state index contributed by atoms with van der Waals surface area (Å²) in [5.41, 5.74) is 1.20. The molecule has 90 valence electrons. The van der Waals surface area contributed by atoms with E-state index in [0.717, 1.165) is 5.56 Å². The Kier molecular flexibility index (Phi) is 2.75. The van der Waals surface area contributed by atoms with Gasteiger partial charge in [0.25, 0.3) is 0 Å². The van der Waals surface area contributed by atoms with Crippen molar-refractivity contribution in [3.63, 3.8) is 0 Å². The largest absolute Gasteiger partial charge is 0.508 e. The molecule has 0 radical (unpaired) electrons. The van der Waals surface area contributed by atoms with Crippen LogP contribution in [0.2, 0.25) is 0 Å². The van der Waals surface area contributed by atoms with Gasteiger partial charge in [-0.15, -0.1) is 0 Å². The highest BCUT2D eigenvalue weighted by Crippen LogP contribution is 2.39. The van der Waals surface area contributed by atoms with Crippen molar-refractivity contribution in [3.8, 4) is 5.75 Å². The molecule has 0 heterocycles. The standard InChI is InChI=1S/C12H13NO4/c1-6-2-3-7(4-10(6)14)13-11(15)8-5-9(8)12(16)17/h2-4,8-9,14H,5H2,1H3,(H,13,15)(H,16,17)/t8-,9+/m1/s1. The maximum Gasteiger partial charge on any atom is 0.307 e. The van der Waals surface area contributed by atoms with E-state index in [0.29, 0.717) is 12.1 Å². The van der Waals surface area contributed by atoms with Crippen LogP contribution in [0.5, 0.6) is 5.75 Å². The smallest absolute Gasteiger partial charge is 0.307 e. The molecule has 1 saturated carbocycles. The third-order valence-electron chi connectivity index (χ3n) is 2.92. The quantitative estimate of drug-likeness (QED) is 0.738. The van der Waals surface area contributed by atoms with E-state index >= 15 is 0 Å². The Hall–Kier alpha value is -2.04. The normalized spacial score (nSPS) is 21.9. The molecule has 2 rings (SSSR count). The molecule has 1 aromatic carbocycles. The number of hydrogen-bond donors (Lipinski definition) is 3. The molecular formula is C12H13NO4. The van der Waals surface area contributed by atoms with E-state index in [-0.39, 0.29) is 11.7 Å². The van der Waals surface area contributed by atoms with E-state index in [2.05, 4.69) is 5.32 Å². The van der Waals surface area contributed by atoms with Crippen molar-refractivity contribution in [3.05, 3.63) is 23.8 Å². The van der Waals surface area contributed by atoms with Gasteiger partial charge in [0.05, 0.1) is 11.8 Å². The van der Waals surface area contributed by atoms with E-state index in [1.165, 1.54) is 6.07 Å². The Labute approximate surface area is 98.1 Å². The predicted octanol–water partition coefficient (Wildman–Crippen LogP) is 1.36.